The lowest BCUT2D eigenvalue weighted by molar-refractivity contribution is 1.29. The molecule has 0 radical (unpaired) electrons. The molecule has 0 aliphatic carbocycles. The lowest BCUT2D eigenvalue weighted by Gasteiger charge is -1.84. The van der Waals surface area contributed by atoms with Crippen molar-refractivity contribution >= 4 is 29.2 Å². The molecule has 0 rings (SSSR count). The zero-order chi connectivity index (χ0) is 5.70. The fraction of sp³-hybridized carbons (Fsp3) is 0. The summed E-state index contributed by atoms with van der Waals surface area (Å²) in [5.74, 6) is 0. The van der Waals surface area contributed by atoms with Gasteiger partial charge < -0.3 is 24.8 Å². The number of thiocarbonyl (C=S) groups is 1. The van der Waals surface area contributed by atoms with Gasteiger partial charge in [0, 0.05) is 0 Å². The van der Waals surface area contributed by atoms with Crippen LogP contribution in [-0.4, -0.2) is 4.32 Å². The summed E-state index contributed by atoms with van der Waals surface area (Å²) in [7, 11) is 0. The van der Waals surface area contributed by atoms with Crippen molar-refractivity contribution in [1.29, 1.82) is 5.26 Å². The summed E-state index contributed by atoms with van der Waals surface area (Å²) in [5.41, 5.74) is 0. The van der Waals surface area contributed by atoms with Crippen molar-refractivity contribution in [2.45, 2.75) is 0 Å². The monoisotopic (exact) mass is 130 g/mol. The molecule has 7 heavy (non-hydrogen) atoms. The maximum absolute atomic E-state index is 7.70. The Labute approximate surface area is 51.5 Å². The summed E-state index contributed by atoms with van der Waals surface area (Å²) >= 11 is 8.53. The van der Waals surface area contributed by atoms with E-state index in [1.54, 1.807) is 0 Å². The van der Waals surface area contributed by atoms with Gasteiger partial charge in [0.25, 0.3) is 0 Å². The Morgan fingerprint density at radius 3 is 2.57 bits per heavy atom. The Kier molecular flexibility index (Phi) is 3.28. The molecule has 0 aromatic rings. The van der Waals surface area contributed by atoms with Crippen LogP contribution >= 0.6 is 12.2 Å². The van der Waals surface area contributed by atoms with Crippen LogP contribution in [0.4, 0.5) is 0 Å². The Bertz CT molecular complexity index is 132. The van der Waals surface area contributed by atoms with E-state index in [1.165, 1.54) is 6.19 Å². The Morgan fingerprint density at radius 2 is 2.43 bits per heavy atom. The van der Waals surface area contributed by atoms with E-state index in [-0.39, 0.29) is 4.32 Å². The molecule has 0 spiro atoms. The van der Waals surface area contributed by atoms with E-state index in [2.05, 4.69) is 35.1 Å². The first kappa shape index (κ1) is 6.40. The third-order valence-corrected chi connectivity index (χ3v) is 0.340. The minimum atomic E-state index is -0.0402. The number of nitriles is 1. The second kappa shape index (κ2) is 3.59. The fourth-order valence-electron chi connectivity index (χ4n) is 0.0632. The van der Waals surface area contributed by atoms with E-state index < -0.39 is 0 Å². The van der Waals surface area contributed by atoms with E-state index in [1.807, 2.05) is 0 Å². The molecular formula is C2N3S2-. The molecule has 36 valence electrons. The van der Waals surface area contributed by atoms with Crippen LogP contribution in [-0.2, 0) is 12.6 Å². The third kappa shape index (κ3) is 5.40. The van der Waals surface area contributed by atoms with Crippen LogP contribution in [0.1, 0.15) is 0 Å². The summed E-state index contributed by atoms with van der Waals surface area (Å²) in [6.45, 7) is 0. The Balaban J connectivity index is 3.53. The first-order chi connectivity index (χ1) is 3.27. The molecule has 0 bridgehead atoms. The standard InChI is InChI=1S/C2HN3S2/c3-1-4-5-2(6)7/h(H,6,7)/p-1. The molecule has 0 saturated heterocycles. The topological polar surface area (TPSA) is 48.5 Å². The summed E-state index contributed by atoms with van der Waals surface area (Å²) in [5, 5.41) is 13.6. The summed E-state index contributed by atoms with van der Waals surface area (Å²) in [6.07, 6.45) is 1.40. The van der Waals surface area contributed by atoms with Crippen molar-refractivity contribution in [2.24, 2.45) is 10.2 Å². The van der Waals surface area contributed by atoms with Crippen molar-refractivity contribution in [3.05, 3.63) is 0 Å². The zero-order valence-corrected chi connectivity index (χ0v) is 4.79. The highest BCUT2D eigenvalue weighted by molar-refractivity contribution is 8.00. The van der Waals surface area contributed by atoms with Crippen LogP contribution in [0.5, 0.6) is 0 Å². The van der Waals surface area contributed by atoms with Crippen molar-refractivity contribution < 1.29 is 0 Å². The van der Waals surface area contributed by atoms with Crippen molar-refractivity contribution in [3.63, 3.8) is 0 Å². The number of azo groups is 1. The van der Waals surface area contributed by atoms with E-state index in [4.69, 9.17) is 5.26 Å². The van der Waals surface area contributed by atoms with Crippen molar-refractivity contribution in [3.8, 4) is 6.19 Å². The van der Waals surface area contributed by atoms with Gasteiger partial charge in [-0.25, -0.2) is 0 Å². The fourth-order valence-corrected chi connectivity index (χ4v) is 0.145. The molecule has 0 aromatic carbocycles. The zero-order valence-electron chi connectivity index (χ0n) is 3.16. The highest BCUT2D eigenvalue weighted by atomic mass is 32.1. The lowest BCUT2D eigenvalue weighted by Crippen LogP contribution is -1.73. The third-order valence-electron chi connectivity index (χ3n) is 0.176. The van der Waals surface area contributed by atoms with Gasteiger partial charge in [0.05, 0.1) is 0 Å². The molecule has 0 saturated carbocycles. The van der Waals surface area contributed by atoms with Crippen molar-refractivity contribution in [1.82, 2.24) is 0 Å². The predicted octanol–water partition coefficient (Wildman–Crippen LogP) is 0.751. The van der Waals surface area contributed by atoms with Crippen LogP contribution in [0.15, 0.2) is 10.2 Å². The highest BCUT2D eigenvalue weighted by Gasteiger charge is 1.60. The van der Waals surface area contributed by atoms with Gasteiger partial charge in [-0.3, -0.25) is 0 Å². The molecule has 0 amide bonds. The molecule has 0 aromatic heterocycles. The molecule has 0 unspecified atom stereocenters. The van der Waals surface area contributed by atoms with Crippen LogP contribution in [0, 0.1) is 11.5 Å². The number of hydrogen-bond donors (Lipinski definition) is 0. The van der Waals surface area contributed by atoms with E-state index >= 15 is 0 Å². The summed E-state index contributed by atoms with van der Waals surface area (Å²) < 4.78 is -0.0402. The largest absolute Gasteiger partial charge is 0.407 e. The minimum absolute atomic E-state index is 0.0402. The summed E-state index contributed by atoms with van der Waals surface area (Å²) in [6, 6.07) is 0. The van der Waals surface area contributed by atoms with E-state index in [0.717, 1.165) is 0 Å². The second-order valence-electron chi connectivity index (χ2n) is 0.566. The van der Waals surface area contributed by atoms with Gasteiger partial charge >= 0.3 is 0 Å². The van der Waals surface area contributed by atoms with Gasteiger partial charge in [0.15, 0.2) is 0 Å². The van der Waals surface area contributed by atoms with Gasteiger partial charge in [-0.05, 0) is 4.32 Å². The molecule has 0 atom stereocenters. The maximum atomic E-state index is 7.70. The molecule has 0 heterocycles. The number of hydrogen-bond acceptors (Lipinski definition) is 4. The van der Waals surface area contributed by atoms with Crippen LogP contribution in [0.2, 0.25) is 0 Å². The SMILES string of the molecule is N#CN=NC(=S)[S-]. The minimum Gasteiger partial charge on any atom is -0.407 e. The molecule has 0 N–H and O–H groups in total. The van der Waals surface area contributed by atoms with E-state index in [9.17, 15) is 0 Å². The van der Waals surface area contributed by atoms with Gasteiger partial charge in [-0.2, -0.15) is 10.4 Å². The Hall–Kier alpha value is -0.600. The molecule has 0 fully saturated rings. The quantitative estimate of drug-likeness (QED) is 0.210. The van der Waals surface area contributed by atoms with Gasteiger partial charge in [0.1, 0.15) is 0 Å². The first-order valence-electron chi connectivity index (χ1n) is 1.28. The maximum Gasteiger partial charge on any atom is 0.226 e. The second-order valence-corrected chi connectivity index (χ2v) is 1.60. The molecule has 0 aliphatic rings. The first-order valence-corrected chi connectivity index (χ1v) is 2.10. The lowest BCUT2D eigenvalue weighted by atomic mass is 11.4. The van der Waals surface area contributed by atoms with Gasteiger partial charge in [0.2, 0.25) is 6.19 Å². The number of nitrogens with zero attached hydrogens (tertiary/aromatic N) is 3. The molecular weight excluding hydrogens is 130 g/mol. The smallest absolute Gasteiger partial charge is 0.226 e. The normalized spacial score (nSPS) is 8.43. The average molecular weight is 130 g/mol. The van der Waals surface area contributed by atoms with Crippen LogP contribution in [0.25, 0.3) is 0 Å². The number of rotatable bonds is 0. The van der Waals surface area contributed by atoms with Crippen molar-refractivity contribution in [2.75, 3.05) is 0 Å². The predicted molar refractivity (Wildman–Crippen MR) is 30.4 cm³/mol. The summed E-state index contributed by atoms with van der Waals surface area (Å²) in [4.78, 5) is 0. The van der Waals surface area contributed by atoms with Crippen LogP contribution in [0.3, 0.4) is 0 Å². The van der Waals surface area contributed by atoms with Crippen LogP contribution < -0.4 is 0 Å². The Morgan fingerprint density at radius 1 is 1.86 bits per heavy atom. The van der Waals surface area contributed by atoms with Gasteiger partial charge in [-0.15, -0.1) is 0 Å². The average Bonchev–Trinajstić information content (AvgIpc) is 1.61. The van der Waals surface area contributed by atoms with E-state index in [0.29, 0.717) is 0 Å². The molecule has 0 aliphatic heterocycles. The highest BCUT2D eigenvalue weighted by Crippen LogP contribution is 1.75. The molecule has 3 nitrogen and oxygen atoms in total. The van der Waals surface area contributed by atoms with Gasteiger partial charge in [-0.1, -0.05) is 5.11 Å². The molecule has 5 heteroatoms.